The summed E-state index contributed by atoms with van der Waals surface area (Å²) in [5.74, 6) is 0. The van der Waals surface area contributed by atoms with Crippen molar-refractivity contribution in [1.82, 2.24) is 10.2 Å². The minimum atomic E-state index is 0.281. The van der Waals surface area contributed by atoms with Crippen molar-refractivity contribution in [2.75, 3.05) is 26.2 Å². The van der Waals surface area contributed by atoms with Crippen LogP contribution in [0.5, 0.6) is 0 Å². The maximum Gasteiger partial charge on any atom is 0.0446 e. The average Bonchev–Trinajstić information content (AvgIpc) is 2.39. The molecule has 0 aliphatic heterocycles. The lowest BCUT2D eigenvalue weighted by atomic mass is 10.1. The highest BCUT2D eigenvalue weighted by Gasteiger charge is 2.16. The van der Waals surface area contributed by atoms with Crippen LogP contribution in [0.15, 0.2) is 0 Å². The van der Waals surface area contributed by atoms with Gasteiger partial charge in [0.25, 0.3) is 0 Å². The second-order valence-electron chi connectivity index (χ2n) is 5.27. The van der Waals surface area contributed by atoms with Gasteiger partial charge in [0.1, 0.15) is 0 Å². The summed E-state index contributed by atoms with van der Waals surface area (Å²) in [6.45, 7) is 12.6. The molecule has 0 fully saturated rings. The number of hydrogen-bond donors (Lipinski definition) is 2. The smallest absolute Gasteiger partial charge is 0.0446 e. The zero-order chi connectivity index (χ0) is 13.8. The van der Waals surface area contributed by atoms with Gasteiger partial charge in [-0.2, -0.15) is 0 Å². The van der Waals surface area contributed by atoms with Crippen LogP contribution in [0.25, 0.3) is 0 Å². The lowest BCUT2D eigenvalue weighted by Crippen LogP contribution is -2.45. The van der Waals surface area contributed by atoms with E-state index < -0.39 is 0 Å². The minimum Gasteiger partial charge on any atom is -0.396 e. The van der Waals surface area contributed by atoms with Crippen molar-refractivity contribution in [3.63, 3.8) is 0 Å². The van der Waals surface area contributed by atoms with Crippen LogP contribution >= 0.6 is 0 Å². The lowest BCUT2D eigenvalue weighted by Gasteiger charge is -2.32. The van der Waals surface area contributed by atoms with E-state index in [1.807, 2.05) is 0 Å². The predicted octanol–water partition coefficient (Wildman–Crippen LogP) is 2.64. The Balaban J connectivity index is 4.27. The van der Waals surface area contributed by atoms with Gasteiger partial charge in [-0.1, -0.05) is 27.2 Å². The van der Waals surface area contributed by atoms with Gasteiger partial charge in [0, 0.05) is 25.2 Å². The zero-order valence-electron chi connectivity index (χ0n) is 12.9. The summed E-state index contributed by atoms with van der Waals surface area (Å²) >= 11 is 0. The number of aliphatic hydroxyl groups excluding tert-OH is 1. The summed E-state index contributed by atoms with van der Waals surface area (Å²) in [6.07, 6.45) is 5.73. The maximum absolute atomic E-state index is 9.16. The molecule has 110 valence electrons. The van der Waals surface area contributed by atoms with Crippen LogP contribution in [0.1, 0.15) is 59.8 Å². The average molecular weight is 258 g/mol. The Bertz CT molecular complexity index is 176. The fourth-order valence-electron chi connectivity index (χ4n) is 2.16. The van der Waals surface area contributed by atoms with Crippen LogP contribution in [-0.4, -0.2) is 48.3 Å². The predicted molar refractivity (Wildman–Crippen MR) is 80.0 cm³/mol. The number of nitrogens with zero attached hydrogens (tertiary/aromatic N) is 1. The van der Waals surface area contributed by atoms with Gasteiger partial charge in [0.2, 0.25) is 0 Å². The standard InChI is InChI=1S/C15H34N2O/c1-5-8-11-17(14(4)7-3)13-15(9-12-18)16-10-6-2/h14-16,18H,5-13H2,1-4H3. The third-order valence-electron chi connectivity index (χ3n) is 3.63. The molecule has 2 N–H and O–H groups in total. The van der Waals surface area contributed by atoms with Gasteiger partial charge >= 0.3 is 0 Å². The molecule has 0 amide bonds. The van der Waals surface area contributed by atoms with E-state index in [0.29, 0.717) is 12.1 Å². The molecule has 0 saturated carbocycles. The first-order valence-corrected chi connectivity index (χ1v) is 7.77. The minimum absolute atomic E-state index is 0.281. The van der Waals surface area contributed by atoms with Gasteiger partial charge in [-0.3, -0.25) is 4.90 Å². The molecule has 0 aromatic carbocycles. The first kappa shape index (κ1) is 17.9. The van der Waals surface area contributed by atoms with E-state index in [-0.39, 0.29) is 6.61 Å². The Hall–Kier alpha value is -0.120. The van der Waals surface area contributed by atoms with E-state index in [1.54, 1.807) is 0 Å². The summed E-state index contributed by atoms with van der Waals surface area (Å²) in [6, 6.07) is 1.07. The fourth-order valence-corrected chi connectivity index (χ4v) is 2.16. The van der Waals surface area contributed by atoms with Crippen LogP contribution in [-0.2, 0) is 0 Å². The Kier molecular flexibility index (Phi) is 11.9. The van der Waals surface area contributed by atoms with Crippen molar-refractivity contribution >= 4 is 0 Å². The first-order chi connectivity index (χ1) is 8.69. The molecule has 0 aliphatic rings. The second-order valence-corrected chi connectivity index (χ2v) is 5.27. The van der Waals surface area contributed by atoms with E-state index in [1.165, 1.54) is 25.8 Å². The largest absolute Gasteiger partial charge is 0.396 e. The van der Waals surface area contributed by atoms with E-state index in [4.69, 9.17) is 5.11 Å². The van der Waals surface area contributed by atoms with E-state index in [0.717, 1.165) is 25.9 Å². The molecule has 0 aromatic rings. The van der Waals surface area contributed by atoms with Crippen LogP contribution in [0.3, 0.4) is 0 Å². The topological polar surface area (TPSA) is 35.5 Å². The SMILES string of the molecule is CCCCN(CC(CCO)NCCC)C(C)CC. The van der Waals surface area contributed by atoms with Crippen molar-refractivity contribution in [3.8, 4) is 0 Å². The van der Waals surface area contributed by atoms with Gasteiger partial charge in [-0.05, 0) is 45.7 Å². The number of aliphatic hydroxyl groups is 1. The second kappa shape index (κ2) is 11.9. The number of nitrogens with one attached hydrogen (secondary N) is 1. The quantitative estimate of drug-likeness (QED) is 0.565. The van der Waals surface area contributed by atoms with Crippen LogP contribution in [0.4, 0.5) is 0 Å². The zero-order valence-corrected chi connectivity index (χ0v) is 12.9. The van der Waals surface area contributed by atoms with Gasteiger partial charge in [-0.15, -0.1) is 0 Å². The maximum atomic E-state index is 9.16. The molecule has 3 nitrogen and oxygen atoms in total. The molecule has 2 atom stereocenters. The number of rotatable bonds is 12. The third kappa shape index (κ3) is 8.06. The Morgan fingerprint density at radius 2 is 1.89 bits per heavy atom. The molecule has 0 heterocycles. The van der Waals surface area contributed by atoms with Crippen molar-refractivity contribution in [1.29, 1.82) is 0 Å². The summed E-state index contributed by atoms with van der Waals surface area (Å²) in [4.78, 5) is 2.58. The summed E-state index contributed by atoms with van der Waals surface area (Å²) in [7, 11) is 0. The molecule has 3 heteroatoms. The highest BCUT2D eigenvalue weighted by molar-refractivity contribution is 4.75. The molecule has 18 heavy (non-hydrogen) atoms. The van der Waals surface area contributed by atoms with Gasteiger partial charge in [0.15, 0.2) is 0 Å². The fraction of sp³-hybridized carbons (Fsp3) is 1.00. The molecular formula is C15H34N2O. The summed E-state index contributed by atoms with van der Waals surface area (Å²) < 4.78 is 0. The van der Waals surface area contributed by atoms with Crippen LogP contribution in [0.2, 0.25) is 0 Å². The molecule has 0 aliphatic carbocycles. The molecule has 0 rings (SSSR count). The molecular weight excluding hydrogens is 224 g/mol. The Labute approximate surface area is 114 Å². The highest BCUT2D eigenvalue weighted by Crippen LogP contribution is 2.08. The van der Waals surface area contributed by atoms with E-state index in [2.05, 4.69) is 37.9 Å². The molecule has 2 unspecified atom stereocenters. The van der Waals surface area contributed by atoms with Gasteiger partial charge in [-0.25, -0.2) is 0 Å². The molecule has 0 saturated heterocycles. The van der Waals surface area contributed by atoms with Crippen molar-refractivity contribution < 1.29 is 5.11 Å². The first-order valence-electron chi connectivity index (χ1n) is 7.77. The Morgan fingerprint density at radius 3 is 2.39 bits per heavy atom. The number of unbranched alkanes of at least 4 members (excludes halogenated alkanes) is 1. The van der Waals surface area contributed by atoms with Crippen molar-refractivity contribution in [3.05, 3.63) is 0 Å². The third-order valence-corrected chi connectivity index (χ3v) is 3.63. The molecule has 0 aromatic heterocycles. The van der Waals surface area contributed by atoms with Gasteiger partial charge in [0.05, 0.1) is 0 Å². The summed E-state index contributed by atoms with van der Waals surface area (Å²) in [5, 5.41) is 12.7. The molecule has 0 radical (unpaired) electrons. The Morgan fingerprint density at radius 1 is 1.17 bits per heavy atom. The van der Waals surface area contributed by atoms with Crippen LogP contribution in [0, 0.1) is 0 Å². The van der Waals surface area contributed by atoms with Crippen molar-refractivity contribution in [2.24, 2.45) is 0 Å². The van der Waals surface area contributed by atoms with E-state index >= 15 is 0 Å². The lowest BCUT2D eigenvalue weighted by molar-refractivity contribution is 0.164. The monoisotopic (exact) mass is 258 g/mol. The molecule has 0 bridgehead atoms. The van der Waals surface area contributed by atoms with Gasteiger partial charge < -0.3 is 10.4 Å². The molecule has 0 spiro atoms. The van der Waals surface area contributed by atoms with Crippen molar-refractivity contribution in [2.45, 2.75) is 71.9 Å². The highest BCUT2D eigenvalue weighted by atomic mass is 16.3. The summed E-state index contributed by atoms with van der Waals surface area (Å²) in [5.41, 5.74) is 0. The number of hydrogen-bond acceptors (Lipinski definition) is 3. The van der Waals surface area contributed by atoms with E-state index in [9.17, 15) is 0 Å². The van der Waals surface area contributed by atoms with Crippen LogP contribution < -0.4 is 5.32 Å². The normalized spacial score (nSPS) is 15.0.